The van der Waals surface area contributed by atoms with Crippen molar-refractivity contribution in [3.63, 3.8) is 0 Å². The minimum absolute atomic E-state index is 0.133. The van der Waals surface area contributed by atoms with Crippen LogP contribution in [0.25, 0.3) is 0 Å². The largest absolute Gasteiger partial charge is 0.508 e. The van der Waals surface area contributed by atoms with E-state index in [-0.39, 0.29) is 18.3 Å². The first-order valence-electron chi connectivity index (χ1n) is 9.92. The lowest BCUT2D eigenvalue weighted by Gasteiger charge is -2.16. The van der Waals surface area contributed by atoms with Crippen molar-refractivity contribution in [2.45, 2.75) is 20.4 Å². The zero-order valence-electron chi connectivity index (χ0n) is 17.4. The van der Waals surface area contributed by atoms with Crippen LogP contribution < -0.4 is 20.1 Å². The van der Waals surface area contributed by atoms with Gasteiger partial charge in [0.25, 0.3) is 5.91 Å². The molecular formula is C24H25BrN2O4. The molecule has 0 heterocycles. The molecule has 0 unspecified atom stereocenters. The summed E-state index contributed by atoms with van der Waals surface area (Å²) >= 11 is 3.57. The molecule has 3 aromatic carbocycles. The second-order valence-corrected chi connectivity index (χ2v) is 7.78. The predicted molar refractivity (Wildman–Crippen MR) is 126 cm³/mol. The summed E-state index contributed by atoms with van der Waals surface area (Å²) in [5.41, 5.74) is 3.70. The van der Waals surface area contributed by atoms with Gasteiger partial charge >= 0.3 is 0 Å². The molecule has 31 heavy (non-hydrogen) atoms. The van der Waals surface area contributed by atoms with Crippen molar-refractivity contribution >= 4 is 33.2 Å². The monoisotopic (exact) mass is 484 g/mol. The molecule has 0 saturated heterocycles. The van der Waals surface area contributed by atoms with Gasteiger partial charge in [-0.05, 0) is 67.9 Å². The van der Waals surface area contributed by atoms with Gasteiger partial charge in [-0.25, -0.2) is 0 Å². The predicted octanol–water partition coefficient (Wildman–Crippen LogP) is 5.49. The smallest absolute Gasteiger partial charge is 0.262 e. The third-order valence-electron chi connectivity index (χ3n) is 4.46. The number of ether oxygens (including phenoxy) is 2. The second-order valence-electron chi connectivity index (χ2n) is 6.93. The van der Waals surface area contributed by atoms with Crippen molar-refractivity contribution < 1.29 is 19.4 Å². The van der Waals surface area contributed by atoms with Gasteiger partial charge in [-0.3, -0.25) is 4.79 Å². The Morgan fingerprint density at radius 1 is 0.968 bits per heavy atom. The number of hydrogen-bond acceptors (Lipinski definition) is 5. The fourth-order valence-electron chi connectivity index (χ4n) is 2.85. The van der Waals surface area contributed by atoms with E-state index in [2.05, 4.69) is 26.6 Å². The maximum absolute atomic E-state index is 12.3. The first-order chi connectivity index (χ1) is 14.9. The number of halogens is 1. The summed E-state index contributed by atoms with van der Waals surface area (Å²) in [5.74, 6) is 1.02. The van der Waals surface area contributed by atoms with Gasteiger partial charge in [-0.1, -0.05) is 33.6 Å². The standard InChI is InChI=1S/C24H25BrN2O4/c1-3-30-22-12-17(14-26-18-8-10-20(28)11-9-18)21(25)13-23(22)31-15-24(29)27-19-6-4-16(2)5-7-19/h4-13,26,28H,3,14-15H2,1-2H3,(H,27,29). The van der Waals surface area contributed by atoms with Crippen molar-refractivity contribution in [2.75, 3.05) is 23.8 Å². The molecule has 0 atom stereocenters. The van der Waals surface area contributed by atoms with Crippen LogP contribution in [0.2, 0.25) is 0 Å². The van der Waals surface area contributed by atoms with Gasteiger partial charge in [0.1, 0.15) is 5.75 Å². The lowest BCUT2D eigenvalue weighted by atomic mass is 10.2. The number of carbonyl (C=O) groups excluding carboxylic acids is 1. The molecule has 3 aromatic rings. The number of amides is 1. The average molecular weight is 485 g/mol. The molecule has 1 amide bonds. The quantitative estimate of drug-likeness (QED) is 0.350. The number of carbonyl (C=O) groups is 1. The van der Waals surface area contributed by atoms with E-state index in [1.54, 1.807) is 30.3 Å². The van der Waals surface area contributed by atoms with Crippen molar-refractivity contribution in [3.8, 4) is 17.2 Å². The van der Waals surface area contributed by atoms with Gasteiger partial charge in [0.05, 0.1) is 6.61 Å². The summed E-state index contributed by atoms with van der Waals surface area (Å²) in [6.07, 6.45) is 0. The highest BCUT2D eigenvalue weighted by molar-refractivity contribution is 9.10. The molecule has 0 radical (unpaired) electrons. The number of anilines is 2. The number of hydrogen-bond donors (Lipinski definition) is 3. The molecule has 3 rings (SSSR count). The number of rotatable bonds is 9. The van der Waals surface area contributed by atoms with Crippen LogP contribution in [0.5, 0.6) is 17.2 Å². The summed E-state index contributed by atoms with van der Waals surface area (Å²) in [6, 6.07) is 18.1. The minimum atomic E-state index is -0.250. The highest BCUT2D eigenvalue weighted by Crippen LogP contribution is 2.34. The van der Waals surface area contributed by atoms with Crippen molar-refractivity contribution in [1.29, 1.82) is 0 Å². The molecule has 0 aliphatic heterocycles. The van der Waals surface area contributed by atoms with E-state index < -0.39 is 0 Å². The number of benzene rings is 3. The molecular weight excluding hydrogens is 460 g/mol. The van der Waals surface area contributed by atoms with Crippen molar-refractivity contribution in [3.05, 3.63) is 76.3 Å². The van der Waals surface area contributed by atoms with E-state index in [0.29, 0.717) is 24.7 Å². The van der Waals surface area contributed by atoms with Crippen LogP contribution >= 0.6 is 15.9 Å². The minimum Gasteiger partial charge on any atom is -0.508 e. The summed E-state index contributed by atoms with van der Waals surface area (Å²) in [5, 5.41) is 15.5. The van der Waals surface area contributed by atoms with Crippen LogP contribution in [0, 0.1) is 6.92 Å². The van der Waals surface area contributed by atoms with Crippen molar-refractivity contribution in [2.24, 2.45) is 0 Å². The molecule has 0 aliphatic rings. The van der Waals surface area contributed by atoms with Gasteiger partial charge in [0.2, 0.25) is 0 Å². The summed E-state index contributed by atoms with van der Waals surface area (Å²) in [6.45, 7) is 4.76. The topological polar surface area (TPSA) is 79.8 Å². The summed E-state index contributed by atoms with van der Waals surface area (Å²) in [7, 11) is 0. The Hall–Kier alpha value is -3.19. The third-order valence-corrected chi connectivity index (χ3v) is 5.20. The molecule has 0 fully saturated rings. The molecule has 162 valence electrons. The maximum atomic E-state index is 12.3. The van der Waals surface area contributed by atoms with Crippen LogP contribution in [0.4, 0.5) is 11.4 Å². The van der Waals surface area contributed by atoms with Crippen molar-refractivity contribution in [1.82, 2.24) is 0 Å². The fourth-order valence-corrected chi connectivity index (χ4v) is 3.31. The number of aromatic hydroxyl groups is 1. The van der Waals surface area contributed by atoms with Gasteiger partial charge in [-0.15, -0.1) is 0 Å². The van der Waals surface area contributed by atoms with E-state index in [0.717, 1.165) is 27.0 Å². The molecule has 0 saturated carbocycles. The molecule has 7 heteroatoms. The van der Waals surface area contributed by atoms with Gasteiger partial charge in [0.15, 0.2) is 18.1 Å². The molecule has 0 bridgehead atoms. The lowest BCUT2D eigenvalue weighted by molar-refractivity contribution is -0.118. The third kappa shape index (κ3) is 6.65. The number of phenols is 1. The Bertz CT molecular complexity index is 1020. The van der Waals surface area contributed by atoms with E-state index in [9.17, 15) is 9.90 Å². The van der Waals surface area contributed by atoms with Crippen LogP contribution in [-0.4, -0.2) is 24.2 Å². The van der Waals surface area contributed by atoms with E-state index in [1.807, 2.05) is 44.2 Å². The molecule has 0 aliphatic carbocycles. The molecule has 3 N–H and O–H groups in total. The van der Waals surface area contributed by atoms with E-state index in [4.69, 9.17) is 9.47 Å². The number of nitrogens with one attached hydrogen (secondary N) is 2. The van der Waals surface area contributed by atoms with Gasteiger partial charge in [-0.2, -0.15) is 0 Å². The van der Waals surface area contributed by atoms with Gasteiger partial charge in [0, 0.05) is 22.4 Å². The van der Waals surface area contributed by atoms with Crippen LogP contribution in [0.15, 0.2) is 65.1 Å². The lowest BCUT2D eigenvalue weighted by Crippen LogP contribution is -2.20. The Kier molecular flexibility index (Phi) is 7.78. The van der Waals surface area contributed by atoms with Crippen LogP contribution in [-0.2, 0) is 11.3 Å². The zero-order valence-corrected chi connectivity index (χ0v) is 19.0. The van der Waals surface area contributed by atoms with E-state index in [1.165, 1.54) is 0 Å². The summed E-state index contributed by atoms with van der Waals surface area (Å²) in [4.78, 5) is 12.3. The highest BCUT2D eigenvalue weighted by atomic mass is 79.9. The fraction of sp³-hybridized carbons (Fsp3) is 0.208. The number of phenolic OH excluding ortho intramolecular Hbond substituents is 1. The Morgan fingerprint density at radius 2 is 1.61 bits per heavy atom. The van der Waals surface area contributed by atoms with Crippen LogP contribution in [0.3, 0.4) is 0 Å². The SMILES string of the molecule is CCOc1cc(CNc2ccc(O)cc2)c(Br)cc1OCC(=O)Nc1ccc(C)cc1. The van der Waals surface area contributed by atoms with Gasteiger partial charge < -0.3 is 25.2 Å². The Morgan fingerprint density at radius 3 is 2.29 bits per heavy atom. The van der Waals surface area contributed by atoms with E-state index >= 15 is 0 Å². The normalized spacial score (nSPS) is 10.4. The number of aryl methyl sites for hydroxylation is 1. The molecule has 6 nitrogen and oxygen atoms in total. The highest BCUT2D eigenvalue weighted by Gasteiger charge is 2.13. The Balaban J connectivity index is 1.65. The maximum Gasteiger partial charge on any atom is 0.262 e. The molecule has 0 spiro atoms. The first-order valence-corrected chi connectivity index (χ1v) is 10.7. The zero-order chi connectivity index (χ0) is 22.2. The molecule has 0 aromatic heterocycles. The second kappa shape index (κ2) is 10.7. The average Bonchev–Trinajstić information content (AvgIpc) is 2.75. The van der Waals surface area contributed by atoms with Crippen LogP contribution in [0.1, 0.15) is 18.1 Å². The first kappa shape index (κ1) is 22.5. The Labute approximate surface area is 190 Å². The summed E-state index contributed by atoms with van der Waals surface area (Å²) < 4.78 is 12.3.